The molecule has 0 saturated carbocycles. The highest BCUT2D eigenvalue weighted by atomic mass is 79.9. The molecule has 1 amide bonds. The van der Waals surface area contributed by atoms with Crippen LogP contribution < -0.4 is 10.6 Å². The summed E-state index contributed by atoms with van der Waals surface area (Å²) < 4.78 is 6.56. The summed E-state index contributed by atoms with van der Waals surface area (Å²) in [5, 5.41) is 6.25. The third-order valence-corrected chi connectivity index (χ3v) is 3.97. The van der Waals surface area contributed by atoms with Crippen molar-refractivity contribution in [3.63, 3.8) is 0 Å². The highest BCUT2D eigenvalue weighted by Gasteiger charge is 2.28. The molecule has 0 spiro atoms. The molecule has 1 aromatic carbocycles. The number of morpholine rings is 1. The predicted octanol–water partition coefficient (Wildman–Crippen LogP) is 2.30. The number of ether oxygens (including phenoxy) is 1. The number of nitrogens with one attached hydrogen (secondary N) is 2. The Morgan fingerprint density at radius 2 is 2.14 bits per heavy atom. The largest absolute Gasteiger partial charge is 0.375 e. The highest BCUT2D eigenvalue weighted by molar-refractivity contribution is 9.10. The summed E-state index contributed by atoms with van der Waals surface area (Å²) in [4.78, 5) is 12.2. The monoisotopic (exact) mass is 376 g/mol. The van der Waals surface area contributed by atoms with Crippen LogP contribution in [0.25, 0.3) is 0 Å². The van der Waals surface area contributed by atoms with E-state index in [1.54, 1.807) is 0 Å². The van der Waals surface area contributed by atoms with Gasteiger partial charge in [0.1, 0.15) is 6.04 Å². The van der Waals surface area contributed by atoms with Crippen LogP contribution >= 0.6 is 28.3 Å². The quantitative estimate of drug-likeness (QED) is 0.846. The first-order valence-corrected chi connectivity index (χ1v) is 7.75. The molecule has 0 radical (unpaired) electrons. The molecule has 4 nitrogen and oxygen atoms in total. The van der Waals surface area contributed by atoms with Crippen molar-refractivity contribution in [1.82, 2.24) is 10.6 Å². The van der Waals surface area contributed by atoms with Gasteiger partial charge < -0.3 is 15.4 Å². The summed E-state index contributed by atoms with van der Waals surface area (Å²) in [5.41, 5.74) is 1.21. The van der Waals surface area contributed by atoms with Gasteiger partial charge in [0.05, 0.1) is 12.7 Å². The lowest BCUT2D eigenvalue weighted by molar-refractivity contribution is -0.129. The zero-order valence-corrected chi connectivity index (χ0v) is 14.7. The summed E-state index contributed by atoms with van der Waals surface area (Å²) >= 11 is 3.42. The molecule has 1 aliphatic rings. The molecule has 2 rings (SSSR count). The fourth-order valence-electron chi connectivity index (χ4n) is 2.39. The molecule has 1 heterocycles. The van der Waals surface area contributed by atoms with Crippen molar-refractivity contribution in [2.24, 2.45) is 0 Å². The lowest BCUT2D eigenvalue weighted by atomic mass is 10.1. The van der Waals surface area contributed by atoms with Gasteiger partial charge in [-0.2, -0.15) is 0 Å². The first kappa shape index (κ1) is 18.4. The van der Waals surface area contributed by atoms with Crippen LogP contribution in [0, 0.1) is 0 Å². The Balaban J connectivity index is 0.00000220. The highest BCUT2D eigenvalue weighted by Crippen LogP contribution is 2.12. The van der Waals surface area contributed by atoms with Gasteiger partial charge in [-0.1, -0.05) is 28.1 Å². The van der Waals surface area contributed by atoms with Crippen molar-refractivity contribution >= 4 is 34.2 Å². The Morgan fingerprint density at radius 1 is 1.48 bits per heavy atom. The average molecular weight is 378 g/mol. The van der Waals surface area contributed by atoms with Gasteiger partial charge in [-0.3, -0.25) is 4.79 Å². The molecule has 1 aliphatic heterocycles. The molecule has 1 aromatic rings. The molecule has 0 bridgehead atoms. The summed E-state index contributed by atoms with van der Waals surface area (Å²) in [7, 11) is 0. The minimum atomic E-state index is -0.254. The van der Waals surface area contributed by atoms with E-state index in [2.05, 4.69) is 38.7 Å². The summed E-state index contributed by atoms with van der Waals surface area (Å²) in [5.74, 6) is 0.0156. The van der Waals surface area contributed by atoms with E-state index in [0.717, 1.165) is 17.4 Å². The van der Waals surface area contributed by atoms with Gasteiger partial charge in [-0.05, 0) is 38.0 Å². The number of carbonyl (C=O) groups excluding carboxylic acids is 1. The second kappa shape index (κ2) is 8.73. The number of hydrogen-bond acceptors (Lipinski definition) is 3. The number of rotatable bonds is 4. The first-order chi connectivity index (χ1) is 9.56. The maximum atomic E-state index is 12.2. The fourth-order valence-corrected chi connectivity index (χ4v) is 2.65. The third-order valence-electron chi connectivity index (χ3n) is 3.44. The standard InChI is InChI=1S/C15H21BrN2O2.ClH/c1-10(9-12-3-5-13(16)6-4-12)18-15(19)14-11(2)20-8-7-17-14;/h3-6,10-11,14,17H,7-9H2,1-2H3,(H,18,19);1H/t10?,11-,14+;/m1./s1. The smallest absolute Gasteiger partial charge is 0.240 e. The number of benzene rings is 1. The first-order valence-electron chi connectivity index (χ1n) is 6.96. The average Bonchev–Trinajstić information content (AvgIpc) is 2.41. The Hall–Kier alpha value is -0.620. The summed E-state index contributed by atoms with van der Waals surface area (Å²) in [6.45, 7) is 5.34. The summed E-state index contributed by atoms with van der Waals surface area (Å²) in [6.07, 6.45) is 0.740. The lowest BCUT2D eigenvalue weighted by Crippen LogP contribution is -2.56. The number of carbonyl (C=O) groups is 1. The molecule has 0 aliphatic carbocycles. The maximum absolute atomic E-state index is 12.2. The van der Waals surface area contributed by atoms with Crippen LogP contribution in [0.5, 0.6) is 0 Å². The topological polar surface area (TPSA) is 50.4 Å². The van der Waals surface area contributed by atoms with Gasteiger partial charge in [0, 0.05) is 17.1 Å². The van der Waals surface area contributed by atoms with Gasteiger partial charge in [0.2, 0.25) is 5.91 Å². The molecule has 0 aromatic heterocycles. The SMILES string of the molecule is CC(Cc1ccc(Br)cc1)NC(=O)[C@H]1NCCO[C@@H]1C.Cl. The molecular formula is C15H22BrClN2O2. The fraction of sp³-hybridized carbons (Fsp3) is 0.533. The molecule has 1 unspecified atom stereocenters. The van der Waals surface area contributed by atoms with E-state index in [1.807, 2.05) is 26.0 Å². The minimum Gasteiger partial charge on any atom is -0.375 e. The van der Waals surface area contributed by atoms with Crippen molar-refractivity contribution in [1.29, 1.82) is 0 Å². The lowest BCUT2D eigenvalue weighted by Gasteiger charge is -2.30. The minimum absolute atomic E-state index is 0. The Morgan fingerprint density at radius 3 is 2.76 bits per heavy atom. The van der Waals surface area contributed by atoms with Crippen molar-refractivity contribution in [3.05, 3.63) is 34.3 Å². The third kappa shape index (κ3) is 5.58. The van der Waals surface area contributed by atoms with Crippen LogP contribution in [-0.2, 0) is 16.0 Å². The van der Waals surface area contributed by atoms with Crippen molar-refractivity contribution in [2.75, 3.05) is 13.2 Å². The van der Waals surface area contributed by atoms with E-state index in [4.69, 9.17) is 4.74 Å². The molecule has 1 fully saturated rings. The van der Waals surface area contributed by atoms with Crippen LogP contribution in [0.4, 0.5) is 0 Å². The zero-order chi connectivity index (χ0) is 14.5. The van der Waals surface area contributed by atoms with E-state index < -0.39 is 0 Å². The van der Waals surface area contributed by atoms with Gasteiger partial charge in [0.15, 0.2) is 0 Å². The molecule has 118 valence electrons. The Labute approximate surface area is 140 Å². The molecule has 6 heteroatoms. The van der Waals surface area contributed by atoms with E-state index in [1.165, 1.54) is 5.56 Å². The van der Waals surface area contributed by atoms with Crippen molar-refractivity contribution in [2.45, 2.75) is 38.5 Å². The van der Waals surface area contributed by atoms with Gasteiger partial charge >= 0.3 is 0 Å². The second-order valence-corrected chi connectivity index (χ2v) is 6.16. The van der Waals surface area contributed by atoms with Gasteiger partial charge in [-0.15, -0.1) is 12.4 Å². The molecular weight excluding hydrogens is 356 g/mol. The molecule has 21 heavy (non-hydrogen) atoms. The van der Waals surface area contributed by atoms with Crippen LogP contribution in [0.1, 0.15) is 19.4 Å². The van der Waals surface area contributed by atoms with Gasteiger partial charge in [0.25, 0.3) is 0 Å². The molecule has 1 saturated heterocycles. The van der Waals surface area contributed by atoms with Crippen LogP contribution in [0.15, 0.2) is 28.7 Å². The number of halogens is 2. The molecule has 3 atom stereocenters. The van der Waals surface area contributed by atoms with Crippen LogP contribution in [0.3, 0.4) is 0 Å². The summed E-state index contributed by atoms with van der Waals surface area (Å²) in [6, 6.07) is 8.01. The second-order valence-electron chi connectivity index (χ2n) is 5.25. The predicted molar refractivity (Wildman–Crippen MR) is 89.9 cm³/mol. The van der Waals surface area contributed by atoms with E-state index >= 15 is 0 Å². The maximum Gasteiger partial charge on any atom is 0.240 e. The van der Waals surface area contributed by atoms with Gasteiger partial charge in [-0.25, -0.2) is 0 Å². The Bertz CT molecular complexity index is 455. The van der Waals surface area contributed by atoms with Crippen LogP contribution in [-0.4, -0.2) is 37.2 Å². The molecule has 2 N–H and O–H groups in total. The normalized spacial score (nSPS) is 23.0. The van der Waals surface area contributed by atoms with E-state index in [0.29, 0.717) is 6.61 Å². The zero-order valence-electron chi connectivity index (χ0n) is 12.3. The van der Waals surface area contributed by atoms with Crippen molar-refractivity contribution in [3.8, 4) is 0 Å². The number of hydrogen-bond donors (Lipinski definition) is 2. The van der Waals surface area contributed by atoms with Crippen molar-refractivity contribution < 1.29 is 9.53 Å². The van der Waals surface area contributed by atoms with Crippen LogP contribution in [0.2, 0.25) is 0 Å². The number of amides is 1. The van der Waals surface area contributed by atoms with E-state index in [-0.39, 0.29) is 36.5 Å². The Kier molecular flexibility index (Phi) is 7.66. The van der Waals surface area contributed by atoms with E-state index in [9.17, 15) is 4.79 Å².